The van der Waals surface area contributed by atoms with Gasteiger partial charge in [-0.25, -0.2) is 0 Å². The monoisotopic (exact) mass is 692 g/mol. The van der Waals surface area contributed by atoms with Crippen molar-refractivity contribution < 1.29 is 0 Å². The van der Waals surface area contributed by atoms with Crippen molar-refractivity contribution in [2.45, 2.75) is 38.5 Å². The smallest absolute Gasteiger partial charge is 0.0561 e. The molecule has 0 saturated carbocycles. The summed E-state index contributed by atoms with van der Waals surface area (Å²) in [5.74, 6) is 0. The van der Waals surface area contributed by atoms with E-state index in [1.807, 2.05) is 0 Å². The van der Waals surface area contributed by atoms with Gasteiger partial charge in [0.15, 0.2) is 0 Å². The highest BCUT2D eigenvalue weighted by Gasteiger charge is 2.39. The molecular formula is C52H40N2. The molecule has 54 heavy (non-hydrogen) atoms. The Kier molecular flexibility index (Phi) is 6.39. The van der Waals surface area contributed by atoms with Crippen LogP contribution < -0.4 is 4.90 Å². The van der Waals surface area contributed by atoms with Gasteiger partial charge in [-0.2, -0.15) is 0 Å². The quantitative estimate of drug-likeness (QED) is 0.178. The molecule has 0 fully saturated rings. The summed E-state index contributed by atoms with van der Waals surface area (Å²) in [7, 11) is 0. The van der Waals surface area contributed by atoms with E-state index < -0.39 is 0 Å². The van der Waals surface area contributed by atoms with Crippen molar-refractivity contribution in [3.8, 4) is 27.9 Å². The summed E-state index contributed by atoms with van der Waals surface area (Å²) in [6.07, 6.45) is 0. The fourth-order valence-corrected chi connectivity index (χ4v) is 9.95. The molecule has 0 saturated heterocycles. The standard InChI is InChI=1S/C52H40N2/c1-51(2)43-23-12-8-21-41(43)50-44(51)24-15-27-48(50)53(34-28-29-38-37-18-7-11-22-42(37)52(3,4)45(38)31-34)49-32-35(30-33-16-5-6-17-36(33)49)54-46-25-13-9-19-39(46)40-20-10-14-26-47(40)54/h5-32H,1-4H3. The van der Waals surface area contributed by atoms with Gasteiger partial charge in [-0.15, -0.1) is 0 Å². The molecule has 0 aliphatic heterocycles. The number of rotatable bonds is 4. The van der Waals surface area contributed by atoms with E-state index in [0.29, 0.717) is 0 Å². The van der Waals surface area contributed by atoms with Crippen LogP contribution in [0.4, 0.5) is 17.1 Å². The van der Waals surface area contributed by atoms with Gasteiger partial charge in [0.25, 0.3) is 0 Å². The molecular weight excluding hydrogens is 653 g/mol. The van der Waals surface area contributed by atoms with E-state index in [0.717, 1.165) is 17.1 Å². The lowest BCUT2D eigenvalue weighted by Gasteiger charge is -2.31. The fraction of sp³-hybridized carbons (Fsp3) is 0.115. The van der Waals surface area contributed by atoms with Gasteiger partial charge < -0.3 is 9.47 Å². The minimum atomic E-state index is -0.131. The van der Waals surface area contributed by atoms with E-state index in [9.17, 15) is 0 Å². The fourth-order valence-electron chi connectivity index (χ4n) is 9.95. The maximum atomic E-state index is 2.57. The van der Waals surface area contributed by atoms with Crippen molar-refractivity contribution in [1.29, 1.82) is 0 Å². The first-order valence-electron chi connectivity index (χ1n) is 19.1. The van der Waals surface area contributed by atoms with Crippen molar-refractivity contribution >= 4 is 49.6 Å². The normalized spacial score (nSPS) is 14.6. The van der Waals surface area contributed by atoms with Gasteiger partial charge in [0.2, 0.25) is 0 Å². The van der Waals surface area contributed by atoms with Crippen LogP contribution in [-0.2, 0) is 10.8 Å². The first-order chi connectivity index (χ1) is 26.3. The molecule has 1 heterocycles. The van der Waals surface area contributed by atoms with Crippen molar-refractivity contribution in [3.63, 3.8) is 0 Å². The molecule has 1 aromatic heterocycles. The Morgan fingerprint density at radius 1 is 0.407 bits per heavy atom. The first kappa shape index (κ1) is 31.2. The molecule has 2 nitrogen and oxygen atoms in total. The Bertz CT molecular complexity index is 2960. The number of aromatic nitrogens is 1. The minimum Gasteiger partial charge on any atom is -0.309 e. The number of para-hydroxylation sites is 2. The third-order valence-electron chi connectivity index (χ3n) is 12.6. The lowest BCUT2D eigenvalue weighted by Crippen LogP contribution is -2.18. The van der Waals surface area contributed by atoms with E-state index >= 15 is 0 Å². The van der Waals surface area contributed by atoms with Crippen molar-refractivity contribution in [2.24, 2.45) is 0 Å². The van der Waals surface area contributed by atoms with Crippen LogP contribution in [0.3, 0.4) is 0 Å². The summed E-state index contributed by atoms with van der Waals surface area (Å²) >= 11 is 0. The second kappa shape index (κ2) is 11.1. The van der Waals surface area contributed by atoms with E-state index in [1.54, 1.807) is 0 Å². The Balaban J connectivity index is 1.25. The van der Waals surface area contributed by atoms with Crippen LogP contribution in [0.15, 0.2) is 170 Å². The van der Waals surface area contributed by atoms with Crippen molar-refractivity contribution in [3.05, 3.63) is 192 Å². The number of benzene rings is 8. The Morgan fingerprint density at radius 2 is 0.963 bits per heavy atom. The molecule has 0 N–H and O–H groups in total. The molecule has 0 unspecified atom stereocenters. The molecule has 0 atom stereocenters. The van der Waals surface area contributed by atoms with Crippen LogP contribution in [0, 0.1) is 0 Å². The Morgan fingerprint density at radius 3 is 1.70 bits per heavy atom. The topological polar surface area (TPSA) is 8.17 Å². The summed E-state index contributed by atoms with van der Waals surface area (Å²) < 4.78 is 2.45. The average molecular weight is 693 g/mol. The third kappa shape index (κ3) is 4.17. The zero-order chi connectivity index (χ0) is 36.3. The second-order valence-electron chi connectivity index (χ2n) is 16.2. The highest BCUT2D eigenvalue weighted by atomic mass is 15.2. The third-order valence-corrected chi connectivity index (χ3v) is 12.6. The lowest BCUT2D eigenvalue weighted by molar-refractivity contribution is 0.660. The van der Waals surface area contributed by atoms with Gasteiger partial charge in [-0.3, -0.25) is 0 Å². The van der Waals surface area contributed by atoms with Crippen LogP contribution in [0.25, 0.3) is 60.5 Å². The zero-order valence-corrected chi connectivity index (χ0v) is 31.1. The summed E-state index contributed by atoms with van der Waals surface area (Å²) in [6.45, 7) is 9.50. The minimum absolute atomic E-state index is 0.123. The molecule has 258 valence electrons. The molecule has 0 bridgehead atoms. The van der Waals surface area contributed by atoms with Gasteiger partial charge in [0, 0.05) is 43.9 Å². The molecule has 0 spiro atoms. The van der Waals surface area contributed by atoms with Gasteiger partial charge >= 0.3 is 0 Å². The molecule has 0 radical (unpaired) electrons. The van der Waals surface area contributed by atoms with E-state index in [-0.39, 0.29) is 10.8 Å². The molecule has 8 aromatic carbocycles. The summed E-state index contributed by atoms with van der Waals surface area (Å²) in [5.41, 5.74) is 17.6. The van der Waals surface area contributed by atoms with E-state index in [4.69, 9.17) is 0 Å². The van der Waals surface area contributed by atoms with Crippen molar-refractivity contribution in [2.75, 3.05) is 4.90 Å². The highest BCUT2D eigenvalue weighted by molar-refractivity contribution is 6.10. The molecule has 9 aromatic rings. The highest BCUT2D eigenvalue weighted by Crippen LogP contribution is 2.56. The van der Waals surface area contributed by atoms with Crippen LogP contribution in [-0.4, -0.2) is 4.57 Å². The van der Waals surface area contributed by atoms with Crippen LogP contribution in [0.5, 0.6) is 0 Å². The zero-order valence-electron chi connectivity index (χ0n) is 31.1. The van der Waals surface area contributed by atoms with Crippen LogP contribution in [0.2, 0.25) is 0 Å². The molecule has 2 heteroatoms. The van der Waals surface area contributed by atoms with Crippen LogP contribution in [0.1, 0.15) is 49.9 Å². The van der Waals surface area contributed by atoms with E-state index in [1.165, 1.54) is 82.8 Å². The van der Waals surface area contributed by atoms with Crippen molar-refractivity contribution in [1.82, 2.24) is 4.57 Å². The summed E-state index contributed by atoms with van der Waals surface area (Å²) in [6, 6.07) is 63.4. The molecule has 11 rings (SSSR count). The Labute approximate surface area is 316 Å². The number of hydrogen-bond acceptors (Lipinski definition) is 1. The average Bonchev–Trinajstić information content (AvgIpc) is 3.75. The summed E-state index contributed by atoms with van der Waals surface area (Å²) in [4.78, 5) is 2.57. The van der Waals surface area contributed by atoms with E-state index in [2.05, 4.69) is 207 Å². The first-order valence-corrected chi connectivity index (χ1v) is 19.1. The molecule has 0 amide bonds. The number of anilines is 3. The predicted octanol–water partition coefficient (Wildman–Crippen LogP) is 14.0. The second-order valence-corrected chi connectivity index (χ2v) is 16.2. The Hall–Kier alpha value is -6.38. The predicted molar refractivity (Wildman–Crippen MR) is 228 cm³/mol. The maximum absolute atomic E-state index is 2.57. The largest absolute Gasteiger partial charge is 0.309 e. The number of fused-ring (bicyclic) bond motifs is 10. The SMILES string of the molecule is CC1(C)c2ccccc2-c2ccc(N(c3cccc4c3-c3ccccc3C4(C)C)c3cc(-n4c5ccccc5c5ccccc54)cc4ccccc34)cc21. The lowest BCUT2D eigenvalue weighted by atomic mass is 9.82. The van der Waals surface area contributed by atoms with Crippen LogP contribution >= 0.6 is 0 Å². The van der Waals surface area contributed by atoms with Gasteiger partial charge in [-0.1, -0.05) is 155 Å². The molecule has 2 aliphatic carbocycles. The molecule has 2 aliphatic rings. The van der Waals surface area contributed by atoms with Gasteiger partial charge in [0.05, 0.1) is 22.4 Å². The maximum Gasteiger partial charge on any atom is 0.0561 e. The number of nitrogens with zero attached hydrogens (tertiary/aromatic N) is 2. The van der Waals surface area contributed by atoms with Gasteiger partial charge in [0.1, 0.15) is 0 Å². The van der Waals surface area contributed by atoms with Gasteiger partial charge in [-0.05, 0) is 86.8 Å². The summed E-state index contributed by atoms with van der Waals surface area (Å²) in [5, 5.41) is 4.95. The number of hydrogen-bond donors (Lipinski definition) is 0.